The molecular formula is C15H19NO4. The first-order chi connectivity index (χ1) is 9.69. The summed E-state index contributed by atoms with van der Waals surface area (Å²) in [6, 6.07) is 5.77. The van der Waals surface area contributed by atoms with Crippen LogP contribution in [0.4, 0.5) is 0 Å². The Morgan fingerprint density at radius 2 is 2.15 bits per heavy atom. The minimum atomic E-state index is -0.269. The van der Waals surface area contributed by atoms with Crippen molar-refractivity contribution in [3.8, 4) is 5.75 Å². The molecule has 108 valence electrons. The minimum absolute atomic E-state index is 0.141. The average Bonchev–Trinajstić information content (AvgIpc) is 2.82. The Kier molecular flexibility index (Phi) is 4.63. The van der Waals surface area contributed by atoms with Crippen LogP contribution < -0.4 is 4.74 Å². The topological polar surface area (TPSA) is 60.7 Å². The summed E-state index contributed by atoms with van der Waals surface area (Å²) in [5.74, 6) is 0.484. The van der Waals surface area contributed by atoms with Crippen LogP contribution in [0.2, 0.25) is 0 Å². The third-order valence-electron chi connectivity index (χ3n) is 3.29. The summed E-state index contributed by atoms with van der Waals surface area (Å²) in [6.45, 7) is 0.850. The zero-order valence-electron chi connectivity index (χ0n) is 11.8. The van der Waals surface area contributed by atoms with Crippen LogP contribution in [-0.4, -0.2) is 36.5 Å². The Morgan fingerprint density at radius 3 is 2.80 bits per heavy atom. The van der Waals surface area contributed by atoms with Gasteiger partial charge in [-0.15, -0.1) is 0 Å². The van der Waals surface area contributed by atoms with Gasteiger partial charge in [0, 0.05) is 30.3 Å². The van der Waals surface area contributed by atoms with Gasteiger partial charge in [0.1, 0.15) is 5.75 Å². The summed E-state index contributed by atoms with van der Waals surface area (Å²) < 4.78 is 12.0. The first kappa shape index (κ1) is 14.4. The molecule has 0 bridgehead atoms. The van der Waals surface area contributed by atoms with Crippen molar-refractivity contribution in [1.82, 2.24) is 4.57 Å². The van der Waals surface area contributed by atoms with E-state index in [-0.39, 0.29) is 19.0 Å². The number of esters is 1. The van der Waals surface area contributed by atoms with Gasteiger partial charge in [-0.2, -0.15) is 0 Å². The summed E-state index contributed by atoms with van der Waals surface area (Å²) in [7, 11) is 3.00. The molecule has 1 heterocycles. The highest BCUT2D eigenvalue weighted by Crippen LogP contribution is 2.27. The molecule has 0 unspecified atom stereocenters. The Bertz CT molecular complexity index is 603. The lowest BCUT2D eigenvalue weighted by molar-refractivity contribution is -0.139. The van der Waals surface area contributed by atoms with Gasteiger partial charge in [-0.25, -0.2) is 0 Å². The maximum Gasteiger partial charge on any atom is 0.310 e. The average molecular weight is 277 g/mol. The fourth-order valence-electron chi connectivity index (χ4n) is 2.27. The molecule has 0 aliphatic carbocycles. The number of carbonyl (C=O) groups excluding carboxylic acids is 1. The first-order valence-electron chi connectivity index (χ1n) is 6.53. The van der Waals surface area contributed by atoms with Crippen LogP contribution in [0.3, 0.4) is 0 Å². The van der Waals surface area contributed by atoms with Crippen molar-refractivity contribution < 1.29 is 19.4 Å². The van der Waals surface area contributed by atoms with Gasteiger partial charge in [0.05, 0.1) is 20.6 Å². The fourth-order valence-corrected chi connectivity index (χ4v) is 2.27. The summed E-state index contributed by atoms with van der Waals surface area (Å²) in [6.07, 6.45) is 2.84. The largest absolute Gasteiger partial charge is 0.497 e. The highest BCUT2D eigenvalue weighted by molar-refractivity contribution is 5.89. The molecule has 1 N–H and O–H groups in total. The number of hydrogen-bond donors (Lipinski definition) is 1. The van der Waals surface area contributed by atoms with Gasteiger partial charge in [0.2, 0.25) is 0 Å². The molecular weight excluding hydrogens is 258 g/mol. The highest BCUT2D eigenvalue weighted by Gasteiger charge is 2.13. The second-order valence-corrected chi connectivity index (χ2v) is 4.56. The van der Waals surface area contributed by atoms with Crippen LogP contribution in [0, 0.1) is 0 Å². The molecule has 1 aromatic heterocycles. The molecule has 0 saturated heterocycles. The molecule has 0 saturated carbocycles. The van der Waals surface area contributed by atoms with E-state index in [1.807, 2.05) is 29.0 Å². The highest BCUT2D eigenvalue weighted by atomic mass is 16.5. The van der Waals surface area contributed by atoms with Gasteiger partial charge in [-0.05, 0) is 30.2 Å². The zero-order valence-corrected chi connectivity index (χ0v) is 11.8. The van der Waals surface area contributed by atoms with E-state index in [0.29, 0.717) is 13.0 Å². The number of methoxy groups -OCH3 is 2. The van der Waals surface area contributed by atoms with Crippen molar-refractivity contribution in [2.75, 3.05) is 20.8 Å². The van der Waals surface area contributed by atoms with Gasteiger partial charge in [0.15, 0.2) is 0 Å². The molecule has 0 radical (unpaired) electrons. The molecule has 0 aliphatic heterocycles. The van der Waals surface area contributed by atoms with Crippen LogP contribution in [-0.2, 0) is 22.5 Å². The molecule has 0 amide bonds. The lowest BCUT2D eigenvalue weighted by Crippen LogP contribution is -2.04. The molecule has 0 atom stereocenters. The zero-order chi connectivity index (χ0) is 14.5. The molecule has 5 heteroatoms. The Morgan fingerprint density at radius 1 is 1.35 bits per heavy atom. The first-order valence-corrected chi connectivity index (χ1v) is 6.53. The van der Waals surface area contributed by atoms with E-state index in [0.717, 1.165) is 22.2 Å². The van der Waals surface area contributed by atoms with E-state index in [1.165, 1.54) is 7.11 Å². The maximum absolute atomic E-state index is 11.5. The van der Waals surface area contributed by atoms with Crippen molar-refractivity contribution in [1.29, 1.82) is 0 Å². The van der Waals surface area contributed by atoms with Crippen molar-refractivity contribution >= 4 is 16.9 Å². The second kappa shape index (κ2) is 6.43. The van der Waals surface area contributed by atoms with Crippen LogP contribution >= 0.6 is 0 Å². The maximum atomic E-state index is 11.5. The summed E-state index contributed by atoms with van der Waals surface area (Å²) in [5.41, 5.74) is 1.93. The SMILES string of the molecule is COC(=O)Cc1cn(CCCO)c2ccc(OC)cc12. The summed E-state index contributed by atoms with van der Waals surface area (Å²) >= 11 is 0. The van der Waals surface area contributed by atoms with Crippen LogP contribution in [0.1, 0.15) is 12.0 Å². The predicted molar refractivity (Wildman–Crippen MR) is 75.9 cm³/mol. The Labute approximate surface area is 117 Å². The number of fused-ring (bicyclic) bond motifs is 1. The van der Waals surface area contributed by atoms with Gasteiger partial charge < -0.3 is 19.1 Å². The predicted octanol–water partition coefficient (Wildman–Crippen LogP) is 1.75. The third kappa shape index (κ3) is 2.93. The lowest BCUT2D eigenvalue weighted by Gasteiger charge is -2.04. The van der Waals surface area contributed by atoms with Crippen molar-refractivity contribution in [2.24, 2.45) is 0 Å². The number of carbonyl (C=O) groups is 1. The third-order valence-corrected chi connectivity index (χ3v) is 3.29. The quantitative estimate of drug-likeness (QED) is 0.817. The standard InChI is InChI=1S/C15H19NO4/c1-19-12-4-5-14-13(9-12)11(8-15(18)20-2)10-16(14)6-3-7-17/h4-5,9-10,17H,3,6-8H2,1-2H3. The van der Waals surface area contributed by atoms with Gasteiger partial charge >= 0.3 is 5.97 Å². The smallest absolute Gasteiger partial charge is 0.310 e. The normalized spacial score (nSPS) is 10.8. The van der Waals surface area contributed by atoms with Crippen LogP contribution in [0.15, 0.2) is 24.4 Å². The van der Waals surface area contributed by atoms with E-state index in [1.54, 1.807) is 7.11 Å². The molecule has 2 aromatic rings. The number of aliphatic hydroxyl groups is 1. The monoisotopic (exact) mass is 277 g/mol. The van der Waals surface area contributed by atoms with Crippen LogP contribution in [0.5, 0.6) is 5.75 Å². The molecule has 0 spiro atoms. The van der Waals surface area contributed by atoms with E-state index < -0.39 is 0 Å². The van der Waals surface area contributed by atoms with E-state index in [9.17, 15) is 4.79 Å². The number of rotatable bonds is 6. The number of nitrogens with zero attached hydrogens (tertiary/aromatic N) is 1. The molecule has 5 nitrogen and oxygen atoms in total. The van der Waals surface area contributed by atoms with Crippen molar-refractivity contribution in [3.63, 3.8) is 0 Å². The number of benzene rings is 1. The number of ether oxygens (including phenoxy) is 2. The van der Waals surface area contributed by atoms with Gasteiger partial charge in [-0.1, -0.05) is 0 Å². The molecule has 20 heavy (non-hydrogen) atoms. The second-order valence-electron chi connectivity index (χ2n) is 4.56. The van der Waals surface area contributed by atoms with Crippen LogP contribution in [0.25, 0.3) is 10.9 Å². The van der Waals surface area contributed by atoms with Gasteiger partial charge in [0.25, 0.3) is 0 Å². The minimum Gasteiger partial charge on any atom is -0.497 e. The number of aromatic nitrogens is 1. The Balaban J connectivity index is 2.45. The Hall–Kier alpha value is -2.01. The fraction of sp³-hybridized carbons (Fsp3) is 0.400. The van der Waals surface area contributed by atoms with E-state index in [4.69, 9.17) is 14.6 Å². The van der Waals surface area contributed by atoms with E-state index in [2.05, 4.69) is 0 Å². The summed E-state index contributed by atoms with van der Waals surface area (Å²) in [4.78, 5) is 11.5. The van der Waals surface area contributed by atoms with E-state index >= 15 is 0 Å². The van der Waals surface area contributed by atoms with Crippen molar-refractivity contribution in [2.45, 2.75) is 19.4 Å². The molecule has 1 aromatic carbocycles. The molecule has 0 aliphatic rings. The summed E-state index contributed by atoms with van der Waals surface area (Å²) in [5, 5.41) is 9.94. The number of aliphatic hydroxyl groups excluding tert-OH is 1. The van der Waals surface area contributed by atoms with Crippen molar-refractivity contribution in [3.05, 3.63) is 30.0 Å². The molecule has 2 rings (SSSR count). The number of aryl methyl sites for hydroxylation is 1. The lowest BCUT2D eigenvalue weighted by atomic mass is 10.1. The van der Waals surface area contributed by atoms with Gasteiger partial charge in [-0.3, -0.25) is 4.79 Å². The molecule has 0 fully saturated rings. The number of hydrogen-bond acceptors (Lipinski definition) is 4.